The van der Waals surface area contributed by atoms with Crippen molar-refractivity contribution in [3.63, 3.8) is 0 Å². The fraction of sp³-hybridized carbons (Fsp3) is 0.756. The average molecular weight is 718 g/mol. The maximum absolute atomic E-state index is 14.0. The third-order valence-electron chi connectivity index (χ3n) is 16.3. The smallest absolute Gasteiger partial charge is 0.309 e. The minimum atomic E-state index is -1.16. The van der Waals surface area contributed by atoms with E-state index >= 15 is 0 Å². The van der Waals surface area contributed by atoms with Gasteiger partial charge in [0.2, 0.25) is 0 Å². The summed E-state index contributed by atoms with van der Waals surface area (Å²) in [7, 11) is 0. The fourth-order valence-corrected chi connectivity index (χ4v) is 13.2. The molecule has 0 bridgehead atoms. The van der Waals surface area contributed by atoms with Crippen LogP contribution in [-0.4, -0.2) is 53.2 Å². The number of aliphatic hydroxyl groups is 1. The number of aliphatic hydroxyl groups excluding tert-OH is 1. The molecule has 0 radical (unpaired) electrons. The number of carboxylic acid groups (broad SMARTS) is 1. The van der Waals surface area contributed by atoms with E-state index in [0.717, 1.165) is 69.9 Å². The van der Waals surface area contributed by atoms with Crippen LogP contribution in [0.4, 0.5) is 0 Å². The molecular weight excluding hydrogens is 650 g/mol. The van der Waals surface area contributed by atoms with Gasteiger partial charge < -0.3 is 20.3 Å². The molecule has 5 aliphatic rings. The van der Waals surface area contributed by atoms with E-state index in [1.54, 1.807) is 13.8 Å². The SMILES string of the molecule is CC(C)C1=C2[C@H]3CC[C@@H]4[C@@]5(C)CC[C@H](OC(=O)CC(C)(C)C(=O)O)C(C)(C)C5CC[C@@]4(C)[C@]3(C)CC[C@@]2([C@@H](O)CNCCc2ccccc2)CC1=O. The highest BCUT2D eigenvalue weighted by Gasteiger charge is 2.70. The second-order valence-corrected chi connectivity index (χ2v) is 20.0. The summed E-state index contributed by atoms with van der Waals surface area (Å²) in [4.78, 5) is 38.8. The van der Waals surface area contributed by atoms with Crippen LogP contribution in [0.25, 0.3) is 0 Å². The summed E-state index contributed by atoms with van der Waals surface area (Å²) in [5, 5.41) is 25.3. The third kappa shape index (κ3) is 6.12. The van der Waals surface area contributed by atoms with E-state index in [-0.39, 0.29) is 51.8 Å². The summed E-state index contributed by atoms with van der Waals surface area (Å²) >= 11 is 0. The Labute approximate surface area is 313 Å². The molecular formula is C45H67NO6. The molecule has 0 aromatic heterocycles. The van der Waals surface area contributed by atoms with Crippen molar-refractivity contribution in [1.29, 1.82) is 0 Å². The van der Waals surface area contributed by atoms with Gasteiger partial charge in [0, 0.05) is 23.8 Å². The number of benzene rings is 1. The molecule has 5 aliphatic carbocycles. The standard InChI is InChI=1S/C45H67NO6/c1-28(2)37-31(47)25-45(34(48)27-46-24-19-29-13-11-10-12-14-29)23-22-43(8)30(38(37)45)15-16-33-42(7)20-18-35(52-36(49)26-40(3,4)39(50)51)41(5,6)32(42)17-21-44(33,43)9/h10-14,28,30,32-35,46,48H,15-27H2,1-9H3,(H,50,51)/t30-,32?,33-,34+,35+,42+,43-,44-,45+/m1/s1. The second-order valence-electron chi connectivity index (χ2n) is 20.0. The average Bonchev–Trinajstić information content (AvgIpc) is 3.38. The Morgan fingerprint density at radius 2 is 1.62 bits per heavy atom. The lowest BCUT2D eigenvalue weighted by atomic mass is 9.33. The van der Waals surface area contributed by atoms with Crippen molar-refractivity contribution >= 4 is 17.7 Å². The molecule has 7 nitrogen and oxygen atoms in total. The van der Waals surface area contributed by atoms with Crippen molar-refractivity contribution in [3.05, 3.63) is 47.0 Å². The van der Waals surface area contributed by atoms with Gasteiger partial charge in [-0.2, -0.15) is 0 Å². The van der Waals surface area contributed by atoms with Crippen LogP contribution in [0.15, 0.2) is 41.5 Å². The first kappa shape index (κ1) is 39.2. The first-order valence-corrected chi connectivity index (χ1v) is 20.4. The van der Waals surface area contributed by atoms with Crippen LogP contribution < -0.4 is 5.32 Å². The predicted molar refractivity (Wildman–Crippen MR) is 204 cm³/mol. The van der Waals surface area contributed by atoms with Crippen LogP contribution in [0, 0.1) is 56.2 Å². The lowest BCUT2D eigenvalue weighted by molar-refractivity contribution is -0.235. The fourth-order valence-electron chi connectivity index (χ4n) is 13.2. The monoisotopic (exact) mass is 717 g/mol. The molecule has 0 amide bonds. The van der Waals surface area contributed by atoms with Gasteiger partial charge in [-0.3, -0.25) is 14.4 Å². The van der Waals surface area contributed by atoms with Gasteiger partial charge in [0.25, 0.3) is 0 Å². The molecule has 4 saturated carbocycles. The Morgan fingerprint density at radius 3 is 2.27 bits per heavy atom. The summed E-state index contributed by atoms with van der Waals surface area (Å²) in [5.74, 6) is 0.126. The molecule has 0 aliphatic heterocycles. The van der Waals surface area contributed by atoms with Crippen LogP contribution in [0.5, 0.6) is 0 Å². The van der Waals surface area contributed by atoms with Crippen molar-refractivity contribution in [2.45, 2.75) is 145 Å². The first-order valence-electron chi connectivity index (χ1n) is 20.4. The van der Waals surface area contributed by atoms with E-state index < -0.39 is 28.9 Å². The number of Topliss-reactive ketones (excluding diaryl/α,β-unsaturated/α-hetero) is 1. The van der Waals surface area contributed by atoms with Crippen molar-refractivity contribution in [3.8, 4) is 0 Å². The maximum Gasteiger partial charge on any atom is 0.309 e. The molecule has 288 valence electrons. The molecule has 4 fully saturated rings. The van der Waals surface area contributed by atoms with Gasteiger partial charge in [-0.25, -0.2) is 0 Å². The van der Waals surface area contributed by atoms with E-state index in [2.05, 4.69) is 78.0 Å². The lowest BCUT2D eigenvalue weighted by Crippen LogP contribution is -2.66. The normalized spacial score (nSPS) is 37.5. The summed E-state index contributed by atoms with van der Waals surface area (Å²) in [6.45, 7) is 21.0. The van der Waals surface area contributed by atoms with Crippen molar-refractivity contribution < 1.29 is 29.3 Å². The topological polar surface area (TPSA) is 113 Å². The van der Waals surface area contributed by atoms with Gasteiger partial charge in [-0.15, -0.1) is 0 Å². The van der Waals surface area contributed by atoms with Crippen molar-refractivity contribution in [1.82, 2.24) is 5.32 Å². The van der Waals surface area contributed by atoms with Crippen LogP contribution >= 0.6 is 0 Å². The van der Waals surface area contributed by atoms with Crippen LogP contribution in [0.1, 0.15) is 132 Å². The van der Waals surface area contributed by atoms with Crippen molar-refractivity contribution in [2.24, 2.45) is 56.2 Å². The second kappa shape index (κ2) is 13.7. The largest absolute Gasteiger partial charge is 0.481 e. The number of aliphatic carboxylic acids is 1. The van der Waals surface area contributed by atoms with Crippen LogP contribution in [0.2, 0.25) is 0 Å². The number of allylic oxidation sites excluding steroid dienone is 1. The Kier molecular flexibility index (Phi) is 10.3. The summed E-state index contributed by atoms with van der Waals surface area (Å²) in [5.41, 5.74) is 1.85. The van der Waals surface area contributed by atoms with E-state index in [1.165, 1.54) is 11.1 Å². The number of nitrogens with one attached hydrogen (secondary N) is 1. The quantitative estimate of drug-likeness (QED) is 0.155. The number of fused-ring (bicyclic) bond motifs is 7. The van der Waals surface area contributed by atoms with E-state index in [1.807, 2.05) is 6.07 Å². The highest BCUT2D eigenvalue weighted by Crippen LogP contribution is 2.77. The first-order chi connectivity index (χ1) is 24.2. The van der Waals surface area contributed by atoms with E-state index in [9.17, 15) is 24.6 Å². The van der Waals surface area contributed by atoms with Gasteiger partial charge >= 0.3 is 11.9 Å². The van der Waals surface area contributed by atoms with Gasteiger partial charge in [0.15, 0.2) is 5.78 Å². The number of carbonyl (C=O) groups excluding carboxylic acids is 2. The Bertz CT molecular complexity index is 1580. The highest BCUT2D eigenvalue weighted by atomic mass is 16.5. The molecule has 1 unspecified atom stereocenters. The molecule has 9 atom stereocenters. The zero-order valence-corrected chi connectivity index (χ0v) is 33.6. The van der Waals surface area contributed by atoms with Gasteiger partial charge in [0.1, 0.15) is 6.10 Å². The zero-order valence-electron chi connectivity index (χ0n) is 33.6. The molecule has 0 heterocycles. The molecule has 0 spiro atoms. The van der Waals surface area contributed by atoms with Crippen LogP contribution in [-0.2, 0) is 25.5 Å². The molecule has 52 heavy (non-hydrogen) atoms. The van der Waals surface area contributed by atoms with Gasteiger partial charge in [0.05, 0.1) is 17.9 Å². The number of carboxylic acids is 1. The Hall–Kier alpha value is -2.51. The zero-order chi connectivity index (χ0) is 38.1. The molecule has 3 N–H and O–H groups in total. The predicted octanol–water partition coefficient (Wildman–Crippen LogP) is 8.57. The number of rotatable bonds is 11. The minimum Gasteiger partial charge on any atom is -0.481 e. The molecule has 0 saturated heterocycles. The third-order valence-corrected chi connectivity index (χ3v) is 16.3. The van der Waals surface area contributed by atoms with E-state index in [4.69, 9.17) is 4.74 Å². The number of hydrogen-bond acceptors (Lipinski definition) is 6. The number of ether oxygens (including phenoxy) is 1. The van der Waals surface area contributed by atoms with Crippen LogP contribution in [0.3, 0.4) is 0 Å². The molecule has 1 aromatic rings. The molecule has 7 heteroatoms. The van der Waals surface area contributed by atoms with Crippen molar-refractivity contribution in [2.75, 3.05) is 13.1 Å². The minimum absolute atomic E-state index is 0.00379. The number of carbonyl (C=O) groups is 3. The number of esters is 1. The molecule has 6 rings (SSSR count). The van der Waals surface area contributed by atoms with Gasteiger partial charge in [-0.05, 0) is 129 Å². The summed E-state index contributed by atoms with van der Waals surface area (Å²) in [6, 6.07) is 10.4. The Balaban J connectivity index is 1.24. The van der Waals surface area contributed by atoms with Gasteiger partial charge in [-0.1, -0.05) is 84.4 Å². The lowest BCUT2D eigenvalue weighted by Gasteiger charge is -2.72. The summed E-state index contributed by atoms with van der Waals surface area (Å²) < 4.78 is 6.17. The highest BCUT2D eigenvalue weighted by molar-refractivity contribution is 6.00. The maximum atomic E-state index is 14.0. The number of hydrogen-bond donors (Lipinski definition) is 3. The number of ketones is 1. The summed E-state index contributed by atoms with van der Waals surface area (Å²) in [6.07, 6.45) is 8.28. The van der Waals surface area contributed by atoms with E-state index in [0.29, 0.717) is 24.8 Å². The molecule has 1 aromatic carbocycles. The Morgan fingerprint density at radius 1 is 0.923 bits per heavy atom.